The first kappa shape index (κ1) is 13.9. The van der Waals surface area contributed by atoms with Crippen molar-refractivity contribution in [2.45, 2.75) is 12.2 Å². The molecule has 3 rings (SSSR count). The highest BCUT2D eigenvalue weighted by Crippen LogP contribution is 2.39. The number of halogens is 1. The Balaban J connectivity index is 2.11. The van der Waals surface area contributed by atoms with Crippen LogP contribution in [0.25, 0.3) is 11.1 Å². The van der Waals surface area contributed by atoms with Gasteiger partial charge >= 0.3 is 5.97 Å². The molecule has 0 radical (unpaired) electrons. The van der Waals surface area contributed by atoms with Crippen molar-refractivity contribution in [3.05, 3.63) is 53.3 Å². The number of cyclic esters (lactones) is 1. The van der Waals surface area contributed by atoms with Gasteiger partial charge in [0.15, 0.2) is 6.10 Å². The Labute approximate surface area is 126 Å². The number of aliphatic hydroxyl groups excluding tert-OH is 1. The second kappa shape index (κ2) is 5.02. The fourth-order valence-corrected chi connectivity index (χ4v) is 2.55. The number of aromatic nitrogens is 2. The predicted molar refractivity (Wildman–Crippen MR) is 77.6 cm³/mol. The van der Waals surface area contributed by atoms with Crippen LogP contribution in [0.1, 0.15) is 11.7 Å². The van der Waals surface area contributed by atoms with Crippen molar-refractivity contribution in [1.82, 2.24) is 9.78 Å². The summed E-state index contributed by atoms with van der Waals surface area (Å²) in [6, 6.07) is 5.19. The Morgan fingerprint density at radius 2 is 2.24 bits per heavy atom. The minimum absolute atomic E-state index is 0.0621. The molecule has 108 valence electrons. The summed E-state index contributed by atoms with van der Waals surface area (Å²) in [4.78, 5) is 11.6. The Morgan fingerprint density at radius 1 is 1.48 bits per heavy atom. The van der Waals surface area contributed by atoms with Crippen molar-refractivity contribution in [3.8, 4) is 11.1 Å². The molecule has 0 bridgehead atoms. The van der Waals surface area contributed by atoms with E-state index in [0.29, 0.717) is 10.6 Å². The van der Waals surface area contributed by atoms with E-state index < -0.39 is 18.2 Å². The highest BCUT2D eigenvalue weighted by Gasteiger charge is 2.39. The normalized spacial score (nSPS) is 21.7. The number of hydrogen-bond donors (Lipinski definition) is 1. The molecule has 21 heavy (non-hydrogen) atoms. The van der Waals surface area contributed by atoms with Gasteiger partial charge in [-0.3, -0.25) is 4.68 Å². The number of esters is 1. The number of rotatable bonds is 2. The van der Waals surface area contributed by atoms with Gasteiger partial charge in [0.1, 0.15) is 6.10 Å². The summed E-state index contributed by atoms with van der Waals surface area (Å²) in [7, 11) is 1.81. The Morgan fingerprint density at radius 3 is 2.81 bits per heavy atom. The molecule has 1 fully saturated rings. The molecule has 1 aliphatic rings. The predicted octanol–water partition coefficient (Wildman–Crippen LogP) is 2.26. The molecule has 0 aliphatic carbocycles. The first-order valence-electron chi connectivity index (χ1n) is 6.33. The Kier molecular flexibility index (Phi) is 3.31. The third-order valence-electron chi connectivity index (χ3n) is 3.48. The van der Waals surface area contributed by atoms with Crippen molar-refractivity contribution < 1.29 is 14.6 Å². The van der Waals surface area contributed by atoms with E-state index in [1.807, 2.05) is 6.20 Å². The van der Waals surface area contributed by atoms with Crippen LogP contribution in [0.15, 0.2) is 42.7 Å². The summed E-state index contributed by atoms with van der Waals surface area (Å²) >= 11 is 6.06. The van der Waals surface area contributed by atoms with Gasteiger partial charge in [0.2, 0.25) is 0 Å². The van der Waals surface area contributed by atoms with Crippen molar-refractivity contribution >= 4 is 17.6 Å². The minimum atomic E-state index is -1.06. The van der Waals surface area contributed by atoms with Gasteiger partial charge in [-0.2, -0.15) is 5.10 Å². The molecule has 2 atom stereocenters. The number of ether oxygens (including phenoxy) is 1. The van der Waals surface area contributed by atoms with Crippen LogP contribution in [-0.2, 0) is 16.6 Å². The number of hydrogen-bond acceptors (Lipinski definition) is 4. The van der Waals surface area contributed by atoms with Gasteiger partial charge in [0.05, 0.1) is 11.8 Å². The third-order valence-corrected chi connectivity index (χ3v) is 3.71. The standard InChI is InChI=1S/C15H13ClN2O3/c1-8-13(19)14(21-15(8)20)11-4-3-10(16)5-12(11)9-6-17-18(2)7-9/h3-7,13-14,19H,1H2,2H3. The number of aryl methyl sites for hydroxylation is 1. The van der Waals surface area contributed by atoms with Crippen LogP contribution in [0.5, 0.6) is 0 Å². The van der Waals surface area contributed by atoms with Crippen LogP contribution in [0.4, 0.5) is 0 Å². The van der Waals surface area contributed by atoms with Gasteiger partial charge in [-0.25, -0.2) is 4.79 Å². The second-order valence-electron chi connectivity index (χ2n) is 4.93. The summed E-state index contributed by atoms with van der Waals surface area (Å²) in [6.07, 6.45) is 1.67. The summed E-state index contributed by atoms with van der Waals surface area (Å²) in [5.74, 6) is -0.584. The summed E-state index contributed by atoms with van der Waals surface area (Å²) in [5.41, 5.74) is 2.33. The first-order chi connectivity index (χ1) is 9.97. The molecular formula is C15H13ClN2O3. The number of carbonyl (C=O) groups excluding carboxylic acids is 1. The van der Waals surface area contributed by atoms with E-state index in [9.17, 15) is 9.90 Å². The van der Waals surface area contributed by atoms with E-state index in [-0.39, 0.29) is 5.57 Å². The Hall–Kier alpha value is -2.11. The topological polar surface area (TPSA) is 64.3 Å². The number of aliphatic hydroxyl groups is 1. The fraction of sp³-hybridized carbons (Fsp3) is 0.200. The lowest BCUT2D eigenvalue weighted by molar-refractivity contribution is -0.139. The zero-order chi connectivity index (χ0) is 15.1. The lowest BCUT2D eigenvalue weighted by Gasteiger charge is -2.17. The lowest BCUT2D eigenvalue weighted by atomic mass is 9.94. The molecular weight excluding hydrogens is 292 g/mol. The molecule has 6 heteroatoms. The van der Waals surface area contributed by atoms with Gasteiger partial charge < -0.3 is 9.84 Å². The summed E-state index contributed by atoms with van der Waals surface area (Å²) in [5, 5.41) is 14.8. The number of carbonyl (C=O) groups is 1. The van der Waals surface area contributed by atoms with Crippen LogP contribution in [0.3, 0.4) is 0 Å². The highest BCUT2D eigenvalue weighted by molar-refractivity contribution is 6.30. The average molecular weight is 305 g/mol. The van der Waals surface area contributed by atoms with Crippen LogP contribution in [-0.4, -0.2) is 27.0 Å². The zero-order valence-corrected chi connectivity index (χ0v) is 12.0. The van der Waals surface area contributed by atoms with Crippen molar-refractivity contribution in [3.63, 3.8) is 0 Å². The SMILES string of the molecule is C=C1C(=O)OC(c2ccc(Cl)cc2-c2cnn(C)c2)C1O. The highest BCUT2D eigenvalue weighted by atomic mass is 35.5. The largest absolute Gasteiger partial charge is 0.451 e. The molecule has 1 aliphatic heterocycles. The monoisotopic (exact) mass is 304 g/mol. The molecule has 0 spiro atoms. The van der Waals surface area contributed by atoms with E-state index in [0.717, 1.165) is 11.1 Å². The molecule has 1 aromatic heterocycles. The lowest BCUT2D eigenvalue weighted by Crippen LogP contribution is -2.14. The van der Waals surface area contributed by atoms with Crippen molar-refractivity contribution in [2.75, 3.05) is 0 Å². The maximum Gasteiger partial charge on any atom is 0.336 e. The first-order valence-corrected chi connectivity index (χ1v) is 6.71. The maximum atomic E-state index is 11.6. The van der Waals surface area contributed by atoms with Gasteiger partial charge in [-0.05, 0) is 17.7 Å². The molecule has 2 aromatic rings. The van der Waals surface area contributed by atoms with E-state index >= 15 is 0 Å². The fourth-order valence-electron chi connectivity index (χ4n) is 2.38. The van der Waals surface area contributed by atoms with Gasteiger partial charge in [-0.15, -0.1) is 0 Å². The van der Waals surface area contributed by atoms with Crippen molar-refractivity contribution in [1.29, 1.82) is 0 Å². The van der Waals surface area contributed by atoms with E-state index in [2.05, 4.69) is 11.7 Å². The van der Waals surface area contributed by atoms with Gasteiger partial charge in [0, 0.05) is 29.4 Å². The maximum absolute atomic E-state index is 11.6. The molecule has 0 saturated carbocycles. The molecule has 1 N–H and O–H groups in total. The molecule has 1 aromatic carbocycles. The van der Waals surface area contributed by atoms with Gasteiger partial charge in [-0.1, -0.05) is 24.2 Å². The van der Waals surface area contributed by atoms with Gasteiger partial charge in [0.25, 0.3) is 0 Å². The quantitative estimate of drug-likeness (QED) is 0.683. The van der Waals surface area contributed by atoms with E-state index in [1.165, 1.54) is 0 Å². The number of nitrogens with zero attached hydrogens (tertiary/aromatic N) is 2. The molecule has 1 saturated heterocycles. The third kappa shape index (κ3) is 2.34. The summed E-state index contributed by atoms with van der Waals surface area (Å²) in [6.45, 7) is 3.55. The number of benzene rings is 1. The van der Waals surface area contributed by atoms with Crippen LogP contribution >= 0.6 is 11.6 Å². The minimum Gasteiger partial charge on any atom is -0.451 e. The van der Waals surface area contributed by atoms with Crippen LogP contribution < -0.4 is 0 Å². The Bertz CT molecular complexity index is 738. The molecule has 5 nitrogen and oxygen atoms in total. The molecule has 2 unspecified atom stereocenters. The molecule has 2 heterocycles. The molecule has 0 amide bonds. The van der Waals surface area contributed by atoms with Crippen molar-refractivity contribution in [2.24, 2.45) is 7.05 Å². The smallest absolute Gasteiger partial charge is 0.336 e. The summed E-state index contributed by atoms with van der Waals surface area (Å²) < 4.78 is 6.88. The van der Waals surface area contributed by atoms with Crippen LogP contribution in [0, 0.1) is 0 Å². The average Bonchev–Trinajstić information content (AvgIpc) is 2.98. The van der Waals surface area contributed by atoms with Crippen LogP contribution in [0.2, 0.25) is 5.02 Å². The second-order valence-corrected chi connectivity index (χ2v) is 5.37. The van der Waals surface area contributed by atoms with E-state index in [4.69, 9.17) is 16.3 Å². The zero-order valence-electron chi connectivity index (χ0n) is 11.3. The van der Waals surface area contributed by atoms with E-state index in [1.54, 1.807) is 36.1 Å².